The van der Waals surface area contributed by atoms with E-state index >= 15 is 0 Å². The van der Waals surface area contributed by atoms with E-state index in [2.05, 4.69) is 0 Å². The number of likely N-dealkylation sites (tertiary alicyclic amines) is 1. The van der Waals surface area contributed by atoms with Gasteiger partial charge in [-0.25, -0.2) is 4.79 Å². The summed E-state index contributed by atoms with van der Waals surface area (Å²) in [5, 5.41) is 0. The average molecular weight is 371 g/mol. The summed E-state index contributed by atoms with van der Waals surface area (Å²) in [6.45, 7) is 14.3. The van der Waals surface area contributed by atoms with Crippen LogP contribution in [0, 0.1) is 0 Å². The van der Waals surface area contributed by atoms with Crippen LogP contribution in [0.4, 0.5) is 4.79 Å². The molecule has 0 bridgehead atoms. The van der Waals surface area contributed by atoms with Crippen molar-refractivity contribution < 1.29 is 28.5 Å². The summed E-state index contributed by atoms with van der Waals surface area (Å²) in [5.74, 6) is -1.36. The van der Waals surface area contributed by atoms with Gasteiger partial charge >= 0.3 is 6.09 Å². The molecule has 0 N–H and O–H groups in total. The Morgan fingerprint density at radius 2 is 1.69 bits per heavy atom. The summed E-state index contributed by atoms with van der Waals surface area (Å²) in [4.78, 5) is 14.5. The van der Waals surface area contributed by atoms with Crippen LogP contribution in [0.2, 0.25) is 0 Å². The lowest BCUT2D eigenvalue weighted by atomic mass is 9.99. The Balaban J connectivity index is 1.77. The van der Waals surface area contributed by atoms with Crippen molar-refractivity contribution in [3.63, 3.8) is 0 Å². The molecule has 7 nitrogen and oxygen atoms in total. The molecule has 7 heteroatoms. The third-order valence-electron chi connectivity index (χ3n) is 4.87. The Labute approximate surface area is 156 Å². The predicted molar refractivity (Wildman–Crippen MR) is 94.7 cm³/mol. The molecule has 0 radical (unpaired) electrons. The summed E-state index contributed by atoms with van der Waals surface area (Å²) in [6, 6.07) is -0.0936. The number of carbonyl (C=O) groups excluding carboxylic acids is 1. The lowest BCUT2D eigenvalue weighted by Gasteiger charge is -2.33. The fourth-order valence-electron chi connectivity index (χ4n) is 3.96. The highest BCUT2D eigenvalue weighted by Crippen LogP contribution is 2.40. The molecule has 3 aliphatic rings. The molecule has 26 heavy (non-hydrogen) atoms. The minimum absolute atomic E-state index is 0.0936. The normalized spacial score (nSPS) is 36.5. The fourth-order valence-corrected chi connectivity index (χ4v) is 3.96. The van der Waals surface area contributed by atoms with E-state index in [9.17, 15) is 4.79 Å². The van der Waals surface area contributed by atoms with Crippen molar-refractivity contribution in [2.45, 2.75) is 103 Å². The Morgan fingerprint density at radius 3 is 2.27 bits per heavy atom. The minimum atomic E-state index is -0.729. The zero-order valence-electron chi connectivity index (χ0n) is 17.0. The monoisotopic (exact) mass is 371 g/mol. The summed E-state index contributed by atoms with van der Waals surface area (Å²) < 4.78 is 29.7. The topological polar surface area (TPSA) is 66.5 Å². The lowest BCUT2D eigenvalue weighted by molar-refractivity contribution is -0.175. The van der Waals surface area contributed by atoms with E-state index in [0.717, 1.165) is 12.8 Å². The first kappa shape index (κ1) is 19.9. The molecule has 4 atom stereocenters. The molecule has 0 spiro atoms. The Bertz CT molecular complexity index is 541. The molecule has 3 heterocycles. The van der Waals surface area contributed by atoms with Gasteiger partial charge in [0.1, 0.15) is 23.9 Å². The molecule has 3 saturated heterocycles. The summed E-state index contributed by atoms with van der Waals surface area (Å²) in [5.41, 5.74) is -0.525. The molecule has 150 valence electrons. The molecule has 1 amide bonds. The number of nitrogens with zero attached hydrogens (tertiary/aromatic N) is 1. The first-order valence-corrected chi connectivity index (χ1v) is 9.54. The van der Waals surface area contributed by atoms with Crippen LogP contribution in [0.1, 0.15) is 61.3 Å². The maximum atomic E-state index is 12.7. The summed E-state index contributed by atoms with van der Waals surface area (Å²) in [6.07, 6.45) is 0.692. The van der Waals surface area contributed by atoms with Crippen LogP contribution in [-0.4, -0.2) is 65.7 Å². The molecular weight excluding hydrogens is 338 g/mol. The van der Waals surface area contributed by atoms with Crippen LogP contribution in [0.5, 0.6) is 0 Å². The number of ether oxygens (including phenoxy) is 5. The number of carbonyl (C=O) groups is 1. The second-order valence-electron chi connectivity index (χ2n) is 9.32. The van der Waals surface area contributed by atoms with E-state index in [4.69, 9.17) is 23.7 Å². The quantitative estimate of drug-likeness (QED) is 0.743. The molecule has 3 fully saturated rings. The predicted octanol–water partition coefficient (Wildman–Crippen LogP) is 3.06. The second-order valence-corrected chi connectivity index (χ2v) is 9.32. The zero-order valence-corrected chi connectivity index (χ0v) is 17.0. The Hall–Kier alpha value is -0.890. The van der Waals surface area contributed by atoms with Gasteiger partial charge < -0.3 is 28.6 Å². The van der Waals surface area contributed by atoms with Gasteiger partial charge in [-0.1, -0.05) is 0 Å². The van der Waals surface area contributed by atoms with Crippen molar-refractivity contribution >= 4 is 6.09 Å². The summed E-state index contributed by atoms with van der Waals surface area (Å²) in [7, 11) is 0. The smallest absolute Gasteiger partial charge is 0.410 e. The van der Waals surface area contributed by atoms with Gasteiger partial charge in [0.05, 0.1) is 12.6 Å². The van der Waals surface area contributed by atoms with Crippen LogP contribution in [0.3, 0.4) is 0 Å². The third-order valence-corrected chi connectivity index (χ3v) is 4.87. The highest BCUT2D eigenvalue weighted by Gasteiger charge is 2.54. The van der Waals surface area contributed by atoms with Crippen LogP contribution >= 0.6 is 0 Å². The maximum absolute atomic E-state index is 12.7. The van der Waals surface area contributed by atoms with E-state index in [1.165, 1.54) is 0 Å². The SMILES string of the molecule is CC(C)(C)OC(=O)N1CCC[C@H]1[C@@H]1OC(C)(C)O[C@@H]1[C@H]1COC(C)(C)O1. The van der Waals surface area contributed by atoms with Crippen molar-refractivity contribution in [1.29, 1.82) is 0 Å². The van der Waals surface area contributed by atoms with Crippen LogP contribution in [0.15, 0.2) is 0 Å². The number of amides is 1. The van der Waals surface area contributed by atoms with E-state index in [-0.39, 0.29) is 30.4 Å². The first-order chi connectivity index (χ1) is 11.9. The first-order valence-electron chi connectivity index (χ1n) is 9.54. The number of hydrogen-bond acceptors (Lipinski definition) is 6. The van der Waals surface area contributed by atoms with E-state index < -0.39 is 17.2 Å². The van der Waals surface area contributed by atoms with Gasteiger partial charge in [-0.3, -0.25) is 0 Å². The molecule has 0 saturated carbocycles. The van der Waals surface area contributed by atoms with Crippen LogP contribution in [0.25, 0.3) is 0 Å². The average Bonchev–Trinajstić information content (AvgIpc) is 3.13. The molecule has 0 unspecified atom stereocenters. The third kappa shape index (κ3) is 4.32. The highest BCUT2D eigenvalue weighted by atomic mass is 16.8. The molecule has 0 aliphatic carbocycles. The van der Waals surface area contributed by atoms with Gasteiger partial charge in [0.2, 0.25) is 0 Å². The molecule has 0 aromatic carbocycles. The maximum Gasteiger partial charge on any atom is 0.410 e. The van der Waals surface area contributed by atoms with Gasteiger partial charge in [-0.2, -0.15) is 0 Å². The lowest BCUT2D eigenvalue weighted by Crippen LogP contribution is -2.51. The van der Waals surface area contributed by atoms with Gasteiger partial charge in [0.25, 0.3) is 0 Å². The van der Waals surface area contributed by atoms with Gasteiger partial charge in [-0.15, -0.1) is 0 Å². The van der Waals surface area contributed by atoms with Crippen molar-refractivity contribution in [1.82, 2.24) is 4.90 Å². The minimum Gasteiger partial charge on any atom is -0.444 e. The fraction of sp³-hybridized carbons (Fsp3) is 0.947. The van der Waals surface area contributed by atoms with E-state index in [1.54, 1.807) is 4.90 Å². The summed E-state index contributed by atoms with van der Waals surface area (Å²) >= 11 is 0. The standard InChI is InChI=1S/C19H33NO6/c1-17(2,3)26-16(21)20-10-8-9-12(20)14-15(25-19(6,7)24-14)13-11-22-18(4,5)23-13/h12-15H,8-11H2,1-7H3/t12-,13+,14-,15+/m0/s1. The zero-order chi connectivity index (χ0) is 19.3. The molecule has 0 aromatic heterocycles. The second kappa shape index (κ2) is 6.62. The van der Waals surface area contributed by atoms with Crippen molar-refractivity contribution in [2.24, 2.45) is 0 Å². The Morgan fingerprint density at radius 1 is 1.04 bits per heavy atom. The highest BCUT2D eigenvalue weighted by molar-refractivity contribution is 5.69. The molecule has 3 aliphatic heterocycles. The molecule has 0 aromatic rings. The van der Waals surface area contributed by atoms with Crippen molar-refractivity contribution in [2.75, 3.05) is 13.2 Å². The van der Waals surface area contributed by atoms with Crippen LogP contribution < -0.4 is 0 Å². The number of rotatable bonds is 2. The molecular formula is C19H33NO6. The van der Waals surface area contributed by atoms with E-state index in [0.29, 0.717) is 13.2 Å². The number of hydrogen-bond donors (Lipinski definition) is 0. The van der Waals surface area contributed by atoms with Gasteiger partial charge in [0.15, 0.2) is 11.6 Å². The molecule has 3 rings (SSSR count). The van der Waals surface area contributed by atoms with Crippen LogP contribution in [-0.2, 0) is 23.7 Å². The Kier molecular flexibility index (Phi) is 5.06. The van der Waals surface area contributed by atoms with Gasteiger partial charge in [-0.05, 0) is 61.3 Å². The van der Waals surface area contributed by atoms with Gasteiger partial charge in [0, 0.05) is 6.54 Å². The van der Waals surface area contributed by atoms with Crippen molar-refractivity contribution in [3.8, 4) is 0 Å². The van der Waals surface area contributed by atoms with Crippen molar-refractivity contribution in [3.05, 3.63) is 0 Å². The van der Waals surface area contributed by atoms with E-state index in [1.807, 2.05) is 48.5 Å². The largest absolute Gasteiger partial charge is 0.444 e.